The molecule has 0 aliphatic heterocycles. The summed E-state index contributed by atoms with van der Waals surface area (Å²) in [6, 6.07) is 0. The fourth-order valence-electron chi connectivity index (χ4n) is 3.04. The normalized spacial score (nSPS) is 19.6. The molecular weight excluding hydrogens is 314 g/mol. The monoisotopic (exact) mass is 349 g/mol. The highest BCUT2D eigenvalue weighted by Gasteiger charge is 2.19. The van der Waals surface area contributed by atoms with Crippen molar-refractivity contribution in [1.82, 2.24) is 4.90 Å². The van der Waals surface area contributed by atoms with Gasteiger partial charge in [-0.25, -0.2) is 0 Å². The number of ketones is 1. The standard InChI is InChI=1S/C20H35N3O2/c1-5-12-23(13-11-15(3)6-2)19(25)14-22-18-10-8-7-9-17(18)20(21)16(4)24/h15H,5-14,21H2,1-4H3/b20-17-,22-18?. The summed E-state index contributed by atoms with van der Waals surface area (Å²) in [5.41, 5.74) is 7.97. The zero-order valence-electron chi connectivity index (χ0n) is 16.4. The molecule has 1 rings (SSSR count). The van der Waals surface area contributed by atoms with Gasteiger partial charge in [-0.2, -0.15) is 0 Å². The van der Waals surface area contributed by atoms with Crippen molar-refractivity contribution in [2.24, 2.45) is 16.6 Å². The molecule has 1 atom stereocenters. The predicted molar refractivity (Wildman–Crippen MR) is 104 cm³/mol. The van der Waals surface area contributed by atoms with E-state index in [4.69, 9.17) is 5.73 Å². The van der Waals surface area contributed by atoms with Crippen LogP contribution in [-0.2, 0) is 9.59 Å². The maximum Gasteiger partial charge on any atom is 0.244 e. The van der Waals surface area contributed by atoms with Crippen molar-refractivity contribution in [2.75, 3.05) is 19.6 Å². The van der Waals surface area contributed by atoms with E-state index >= 15 is 0 Å². The molecule has 5 nitrogen and oxygen atoms in total. The van der Waals surface area contributed by atoms with Crippen LogP contribution in [0.4, 0.5) is 0 Å². The number of amides is 1. The molecule has 0 aromatic heterocycles. The van der Waals surface area contributed by atoms with E-state index in [2.05, 4.69) is 25.8 Å². The molecule has 0 saturated heterocycles. The van der Waals surface area contributed by atoms with Crippen LogP contribution in [0.25, 0.3) is 0 Å². The number of aliphatic imine (C=N–C) groups is 1. The van der Waals surface area contributed by atoms with Gasteiger partial charge in [0.05, 0.1) is 5.70 Å². The van der Waals surface area contributed by atoms with Gasteiger partial charge in [-0.1, -0.05) is 27.2 Å². The Bertz CT molecular complexity index is 523. The molecule has 1 saturated carbocycles. The Morgan fingerprint density at radius 3 is 2.48 bits per heavy atom. The zero-order chi connectivity index (χ0) is 18.8. The number of nitrogens with two attached hydrogens (primary N) is 1. The first kappa shape index (κ1) is 21.4. The quantitative estimate of drug-likeness (QED) is 0.648. The molecule has 1 amide bonds. The average Bonchev–Trinajstić information content (AvgIpc) is 2.62. The Labute approximate surface area is 152 Å². The number of carbonyl (C=O) groups is 2. The van der Waals surface area contributed by atoms with Crippen LogP contribution in [0, 0.1) is 5.92 Å². The highest BCUT2D eigenvalue weighted by Crippen LogP contribution is 2.23. The second-order valence-electron chi connectivity index (χ2n) is 7.10. The minimum absolute atomic E-state index is 0.0731. The van der Waals surface area contributed by atoms with E-state index in [-0.39, 0.29) is 18.2 Å². The summed E-state index contributed by atoms with van der Waals surface area (Å²) in [4.78, 5) is 30.7. The Balaban J connectivity index is 2.79. The molecule has 0 aromatic carbocycles. The van der Waals surface area contributed by atoms with Gasteiger partial charge in [0.2, 0.25) is 5.91 Å². The smallest absolute Gasteiger partial charge is 0.244 e. The van der Waals surface area contributed by atoms with Crippen LogP contribution in [0.5, 0.6) is 0 Å². The molecule has 1 aliphatic rings. The van der Waals surface area contributed by atoms with E-state index in [1.807, 2.05) is 4.90 Å². The summed E-state index contributed by atoms with van der Waals surface area (Å²) in [5.74, 6) is 0.586. The van der Waals surface area contributed by atoms with Crippen LogP contribution in [0.2, 0.25) is 0 Å². The van der Waals surface area contributed by atoms with Gasteiger partial charge in [-0.15, -0.1) is 0 Å². The summed E-state index contributed by atoms with van der Waals surface area (Å²) in [5, 5.41) is 0. The van der Waals surface area contributed by atoms with Crippen molar-refractivity contribution in [3.63, 3.8) is 0 Å². The van der Waals surface area contributed by atoms with Crippen molar-refractivity contribution in [2.45, 2.75) is 72.6 Å². The lowest BCUT2D eigenvalue weighted by Gasteiger charge is -2.24. The fraction of sp³-hybridized carbons (Fsp3) is 0.750. The Morgan fingerprint density at radius 1 is 1.20 bits per heavy atom. The van der Waals surface area contributed by atoms with Crippen molar-refractivity contribution < 1.29 is 9.59 Å². The number of Topliss-reactive ketones (excluding diaryl/α,β-unsaturated/α-hetero) is 1. The molecule has 0 heterocycles. The van der Waals surface area contributed by atoms with Crippen LogP contribution in [0.15, 0.2) is 16.3 Å². The van der Waals surface area contributed by atoms with Crippen LogP contribution in [0.1, 0.15) is 72.6 Å². The summed E-state index contributed by atoms with van der Waals surface area (Å²) in [7, 11) is 0. The van der Waals surface area contributed by atoms with E-state index in [1.165, 1.54) is 6.92 Å². The molecule has 1 unspecified atom stereocenters. The molecule has 25 heavy (non-hydrogen) atoms. The molecule has 142 valence electrons. The first-order chi connectivity index (χ1) is 11.9. The number of allylic oxidation sites excluding steroid dienone is 2. The highest BCUT2D eigenvalue weighted by atomic mass is 16.2. The first-order valence-corrected chi connectivity index (χ1v) is 9.71. The molecular formula is C20H35N3O2. The summed E-state index contributed by atoms with van der Waals surface area (Å²) in [6.07, 6.45) is 6.76. The van der Waals surface area contributed by atoms with E-state index in [0.717, 1.165) is 69.3 Å². The van der Waals surface area contributed by atoms with Crippen molar-refractivity contribution in [1.29, 1.82) is 0 Å². The molecule has 0 radical (unpaired) electrons. The van der Waals surface area contributed by atoms with E-state index < -0.39 is 0 Å². The SMILES string of the molecule is CCCN(CCC(C)CC)C(=O)CN=C1CCCC/C1=C(/N)C(C)=O. The molecule has 2 N–H and O–H groups in total. The maximum atomic E-state index is 12.6. The Hall–Kier alpha value is -1.65. The zero-order valence-corrected chi connectivity index (χ0v) is 16.4. The Kier molecular flexibility index (Phi) is 9.46. The first-order valence-electron chi connectivity index (χ1n) is 9.71. The largest absolute Gasteiger partial charge is 0.396 e. The van der Waals surface area contributed by atoms with Crippen LogP contribution in [0.3, 0.4) is 0 Å². The lowest BCUT2D eigenvalue weighted by molar-refractivity contribution is -0.129. The molecule has 0 bridgehead atoms. The molecule has 1 fully saturated rings. The lowest BCUT2D eigenvalue weighted by atomic mass is 9.90. The Morgan fingerprint density at radius 2 is 1.88 bits per heavy atom. The second kappa shape index (κ2) is 11.1. The minimum Gasteiger partial charge on any atom is -0.396 e. The molecule has 0 aromatic rings. The molecule has 5 heteroatoms. The van der Waals surface area contributed by atoms with Gasteiger partial charge < -0.3 is 10.6 Å². The van der Waals surface area contributed by atoms with E-state index in [0.29, 0.717) is 11.6 Å². The number of hydrogen-bond acceptors (Lipinski definition) is 4. The van der Waals surface area contributed by atoms with Crippen molar-refractivity contribution in [3.8, 4) is 0 Å². The van der Waals surface area contributed by atoms with Crippen molar-refractivity contribution in [3.05, 3.63) is 11.3 Å². The van der Waals surface area contributed by atoms with Gasteiger partial charge in [0.25, 0.3) is 0 Å². The van der Waals surface area contributed by atoms with Gasteiger partial charge in [0, 0.05) is 25.7 Å². The number of nitrogens with zero attached hydrogens (tertiary/aromatic N) is 2. The third kappa shape index (κ3) is 7.00. The van der Waals surface area contributed by atoms with Crippen LogP contribution in [-0.4, -0.2) is 41.9 Å². The summed E-state index contributed by atoms with van der Waals surface area (Å²) in [6.45, 7) is 9.70. The maximum absolute atomic E-state index is 12.6. The number of carbonyl (C=O) groups excluding carboxylic acids is 2. The summed E-state index contributed by atoms with van der Waals surface area (Å²) >= 11 is 0. The van der Waals surface area contributed by atoms with E-state index in [1.54, 1.807) is 0 Å². The van der Waals surface area contributed by atoms with Crippen LogP contribution >= 0.6 is 0 Å². The summed E-state index contributed by atoms with van der Waals surface area (Å²) < 4.78 is 0. The van der Waals surface area contributed by atoms with Gasteiger partial charge in [0.15, 0.2) is 5.78 Å². The van der Waals surface area contributed by atoms with Crippen LogP contribution < -0.4 is 5.73 Å². The molecule has 0 spiro atoms. The highest BCUT2D eigenvalue weighted by molar-refractivity contribution is 6.08. The van der Waals surface area contributed by atoms with Gasteiger partial charge in [-0.3, -0.25) is 14.6 Å². The minimum atomic E-state index is -0.114. The lowest BCUT2D eigenvalue weighted by Crippen LogP contribution is -2.35. The van der Waals surface area contributed by atoms with Crippen molar-refractivity contribution >= 4 is 17.4 Å². The third-order valence-electron chi connectivity index (χ3n) is 4.98. The molecule has 1 aliphatic carbocycles. The second-order valence-corrected chi connectivity index (χ2v) is 7.10. The number of rotatable bonds is 9. The van der Waals surface area contributed by atoms with Gasteiger partial charge in [-0.05, 0) is 50.0 Å². The topological polar surface area (TPSA) is 75.8 Å². The average molecular weight is 350 g/mol. The third-order valence-corrected chi connectivity index (χ3v) is 4.98. The van der Waals surface area contributed by atoms with E-state index in [9.17, 15) is 9.59 Å². The number of hydrogen-bond donors (Lipinski definition) is 1. The van der Waals surface area contributed by atoms with Gasteiger partial charge in [0.1, 0.15) is 6.54 Å². The predicted octanol–water partition coefficient (Wildman–Crippen LogP) is 3.48. The fourth-order valence-corrected chi connectivity index (χ4v) is 3.04. The van der Waals surface area contributed by atoms with Gasteiger partial charge >= 0.3 is 0 Å².